The van der Waals surface area contributed by atoms with Crippen LogP contribution >= 0.6 is 15.9 Å². The van der Waals surface area contributed by atoms with Crippen LogP contribution in [0.3, 0.4) is 0 Å². The summed E-state index contributed by atoms with van der Waals surface area (Å²) < 4.78 is 37.3. The molecule has 3 aliphatic rings. The number of halogens is 1. The van der Waals surface area contributed by atoms with Gasteiger partial charge in [-0.15, -0.1) is 0 Å². The normalized spacial score (nSPS) is 17.2. The number of nitrogens with one attached hydrogen (secondary N) is 2. The second kappa shape index (κ2) is 26.7. The minimum Gasteiger partial charge on any atom is -0.508 e. The van der Waals surface area contributed by atoms with E-state index in [1.807, 2.05) is 32.0 Å². The van der Waals surface area contributed by atoms with Crippen LogP contribution in [-0.2, 0) is 43.0 Å². The van der Waals surface area contributed by atoms with Gasteiger partial charge in [-0.1, -0.05) is 28.1 Å². The smallest absolute Gasteiger partial charge is 0.424 e. The molecule has 3 saturated heterocycles. The summed E-state index contributed by atoms with van der Waals surface area (Å²) >= 11 is 3.12. The van der Waals surface area contributed by atoms with E-state index in [1.165, 1.54) is 34.9 Å². The van der Waals surface area contributed by atoms with Crippen molar-refractivity contribution >= 4 is 114 Å². The molecule has 478 valence electrons. The molecule has 0 saturated carbocycles. The van der Waals surface area contributed by atoms with E-state index in [0.29, 0.717) is 48.9 Å². The maximum absolute atomic E-state index is 12.8. The number of oxazole rings is 4. The molecular weight excluding hydrogens is 1250 g/mol. The number of alkyl halides is 1. The number of nitrogens with zero attached hydrogens (tertiary/aromatic N) is 5. The minimum absolute atomic E-state index is 0.0480. The Morgan fingerprint density at radius 1 is 0.467 bits per heavy atom. The van der Waals surface area contributed by atoms with Crippen molar-refractivity contribution < 1.29 is 85.2 Å². The standard InChI is InChI=1S/C18H20N2O6.C17H18N2O7.C10H14BrNO4.C8H7NO2.C7H5NO3/c1-10-5-6-11-13(9-10)25-16(23)19(11)12-7-8-14(21)20(15(12)22)17(24)26-18(2,3)4;1-17(2,3)26-16(24)19-13(21)7-6-11(14(19)22)18-10-5-4-9(20)8-12(10)25-15(18)23;1-10(2,3)16-9(15)12-7(13)5-4-6(11)8(12)14;1-5-2-3-6-7(4-5)11-8(10)9-6;9-4-1-2-5-6(3-4)11-7(10)8-5/h5-6,9,12H,7-8H2,1-4H3;4-5,8,11,20H,6-7H2,1-3H3;6H,4-5H2,1-3H3;2-4H,1H3,(H,9,10);1-3,9H,(H,8,10). The number of fused-ring (bicyclic) bond motifs is 4. The van der Waals surface area contributed by atoms with Crippen LogP contribution in [0.5, 0.6) is 11.5 Å². The molecule has 4 N–H and O–H groups in total. The number of ether oxygens (including phenoxy) is 3. The number of imide groups is 9. The zero-order valence-corrected chi connectivity index (χ0v) is 52.2. The van der Waals surface area contributed by atoms with Gasteiger partial charge in [0.1, 0.15) is 40.4 Å². The first kappa shape index (κ1) is 67.4. The average Bonchev–Trinajstić information content (AvgIpc) is 1.54. The maximum atomic E-state index is 12.8. The van der Waals surface area contributed by atoms with E-state index in [2.05, 4.69) is 30.3 Å². The molecule has 3 unspecified atom stereocenters. The number of piperidine rings is 3. The van der Waals surface area contributed by atoms with Crippen molar-refractivity contribution in [3.8, 4) is 11.5 Å². The lowest BCUT2D eigenvalue weighted by molar-refractivity contribution is -0.151. The molecule has 0 bridgehead atoms. The molecule has 7 heterocycles. The maximum Gasteiger partial charge on any atom is 0.424 e. The van der Waals surface area contributed by atoms with Crippen LogP contribution in [-0.4, -0.2) is 119 Å². The molecule has 8 aromatic rings. The third-order valence-corrected chi connectivity index (χ3v) is 13.7. The zero-order valence-electron chi connectivity index (χ0n) is 50.6. The van der Waals surface area contributed by atoms with Crippen LogP contribution in [0.2, 0.25) is 0 Å². The van der Waals surface area contributed by atoms with Crippen molar-refractivity contribution in [3.05, 3.63) is 126 Å². The molecule has 9 amide bonds. The third-order valence-electron chi connectivity index (χ3n) is 12.8. The number of H-pyrrole nitrogens is 2. The van der Waals surface area contributed by atoms with Gasteiger partial charge in [0.25, 0.3) is 17.7 Å². The molecule has 11 rings (SSSR count). The van der Waals surface area contributed by atoms with Gasteiger partial charge in [0.2, 0.25) is 17.7 Å². The fourth-order valence-electron chi connectivity index (χ4n) is 9.01. The quantitative estimate of drug-likeness (QED) is 0.0715. The lowest BCUT2D eigenvalue weighted by Crippen LogP contribution is -2.51. The second-order valence-electron chi connectivity index (χ2n) is 23.6. The molecular formula is C60H64BrN7O22. The second-order valence-corrected chi connectivity index (χ2v) is 24.7. The Morgan fingerprint density at radius 2 is 0.800 bits per heavy atom. The summed E-state index contributed by atoms with van der Waals surface area (Å²) in [6.07, 6.45) is -2.42. The summed E-state index contributed by atoms with van der Waals surface area (Å²) in [6, 6.07) is 17.1. The number of likely N-dealkylation sites (tertiary alicyclic amines) is 3. The van der Waals surface area contributed by atoms with Crippen LogP contribution in [0, 0.1) is 13.8 Å². The predicted octanol–water partition coefficient (Wildman–Crippen LogP) is 8.54. The van der Waals surface area contributed by atoms with Crippen molar-refractivity contribution in [2.24, 2.45) is 0 Å². The van der Waals surface area contributed by atoms with E-state index < -0.39 is 110 Å². The molecule has 90 heavy (non-hydrogen) atoms. The van der Waals surface area contributed by atoms with Gasteiger partial charge in [-0.25, -0.2) is 33.6 Å². The highest BCUT2D eigenvalue weighted by atomic mass is 79.9. The number of carbonyl (C=O) groups excluding carboxylic acids is 9. The van der Waals surface area contributed by atoms with Gasteiger partial charge < -0.3 is 42.1 Å². The Labute approximate surface area is 517 Å². The number of phenols is 2. The van der Waals surface area contributed by atoms with Crippen molar-refractivity contribution in [1.29, 1.82) is 0 Å². The first-order valence-electron chi connectivity index (χ1n) is 27.7. The van der Waals surface area contributed by atoms with E-state index in [9.17, 15) is 67.4 Å². The van der Waals surface area contributed by atoms with Gasteiger partial charge in [0.15, 0.2) is 22.3 Å². The zero-order chi connectivity index (χ0) is 66.6. The number of hydrogen-bond acceptors (Lipinski definition) is 22. The van der Waals surface area contributed by atoms with Crippen LogP contribution in [0.25, 0.3) is 44.4 Å². The summed E-state index contributed by atoms with van der Waals surface area (Å²) in [5.74, 6) is -6.47. The van der Waals surface area contributed by atoms with E-state index in [0.717, 1.165) is 21.2 Å². The highest BCUT2D eigenvalue weighted by Gasteiger charge is 2.45. The van der Waals surface area contributed by atoms with Crippen molar-refractivity contribution in [2.75, 3.05) is 0 Å². The monoisotopic (exact) mass is 1310 g/mol. The largest absolute Gasteiger partial charge is 0.508 e. The number of aryl methyl sites for hydroxylation is 2. The van der Waals surface area contributed by atoms with Crippen LogP contribution in [0.1, 0.15) is 124 Å². The minimum atomic E-state index is -1.08. The number of benzene rings is 4. The molecule has 3 atom stereocenters. The lowest BCUT2D eigenvalue weighted by Gasteiger charge is -2.31. The number of aromatic amines is 2. The Hall–Kier alpha value is -10.1. The van der Waals surface area contributed by atoms with Crippen LogP contribution in [0.15, 0.2) is 110 Å². The molecule has 4 aromatic carbocycles. The number of aromatic nitrogens is 4. The average molecular weight is 1320 g/mol. The molecule has 30 heteroatoms. The highest BCUT2D eigenvalue weighted by Crippen LogP contribution is 2.31. The summed E-state index contributed by atoms with van der Waals surface area (Å²) in [4.78, 5) is 161. The van der Waals surface area contributed by atoms with Gasteiger partial charge in [0.05, 0.1) is 26.9 Å². The number of carbonyl (C=O) groups is 9. The van der Waals surface area contributed by atoms with Crippen molar-refractivity contribution in [1.82, 2.24) is 33.8 Å². The summed E-state index contributed by atoms with van der Waals surface area (Å²) in [7, 11) is 0. The lowest BCUT2D eigenvalue weighted by atomic mass is 10.0. The molecule has 29 nitrogen and oxygen atoms in total. The van der Waals surface area contributed by atoms with E-state index in [1.54, 1.807) is 86.6 Å². The third kappa shape index (κ3) is 16.3. The number of phenolic OH excluding ortho intramolecular Hbond substituents is 2. The molecule has 3 fully saturated rings. The topological polar surface area (TPSA) is 394 Å². The van der Waals surface area contributed by atoms with Gasteiger partial charge >= 0.3 is 41.3 Å². The van der Waals surface area contributed by atoms with Crippen LogP contribution in [0.4, 0.5) is 14.4 Å². The Bertz CT molecular complexity index is 4130. The fraction of sp³-hybridized carbons (Fsp3) is 0.383. The molecule has 4 aromatic heterocycles. The number of amides is 9. The first-order chi connectivity index (χ1) is 41.9. The molecule has 0 aliphatic carbocycles. The van der Waals surface area contributed by atoms with Crippen molar-refractivity contribution in [3.63, 3.8) is 0 Å². The number of hydrogen-bond donors (Lipinski definition) is 4. The molecule has 3 aliphatic heterocycles. The van der Waals surface area contributed by atoms with E-state index in [4.69, 9.17) is 32.6 Å². The van der Waals surface area contributed by atoms with Crippen LogP contribution < -0.4 is 23.0 Å². The molecule has 0 spiro atoms. The SMILES string of the molecule is CC(C)(C)OC(=O)N1C(=O)CCC(Br)C1=O.CC(C)(C)OC(=O)N1C(=O)CCC(n2c(=O)oc3cc(O)ccc32)C1=O.Cc1ccc2[nH]c(=O)oc2c1.Cc1ccc2c(c1)oc(=O)n2C1CCC(=O)N(C(=O)OC(C)(C)C)C1=O.O=c1[nH]c2ccc(O)cc2o1. The Kier molecular flexibility index (Phi) is 20.0. The van der Waals surface area contributed by atoms with Crippen molar-refractivity contribution in [2.45, 2.75) is 148 Å². The number of aromatic hydroxyl groups is 2. The Morgan fingerprint density at radius 3 is 1.23 bits per heavy atom. The fourth-order valence-corrected chi connectivity index (χ4v) is 9.44. The van der Waals surface area contributed by atoms with Gasteiger partial charge in [-0.05, 0) is 155 Å². The summed E-state index contributed by atoms with van der Waals surface area (Å²) in [5, 5.41) is 18.5. The van der Waals surface area contributed by atoms with E-state index >= 15 is 0 Å². The molecule has 0 radical (unpaired) electrons. The highest BCUT2D eigenvalue weighted by molar-refractivity contribution is 9.10. The first-order valence-corrected chi connectivity index (χ1v) is 28.6. The van der Waals surface area contributed by atoms with E-state index in [-0.39, 0.29) is 54.7 Å². The summed E-state index contributed by atoms with van der Waals surface area (Å²) in [6.45, 7) is 18.6. The van der Waals surface area contributed by atoms with Gasteiger partial charge in [0, 0.05) is 31.4 Å². The predicted molar refractivity (Wildman–Crippen MR) is 320 cm³/mol. The van der Waals surface area contributed by atoms with Gasteiger partial charge in [-0.3, -0.25) is 47.9 Å². The Balaban J connectivity index is 0.000000167. The van der Waals surface area contributed by atoms with Gasteiger partial charge in [-0.2, -0.15) is 14.7 Å². The summed E-state index contributed by atoms with van der Waals surface area (Å²) in [5.41, 5.74) is 3.02. The number of rotatable bonds is 2.